The van der Waals surface area contributed by atoms with E-state index in [1.165, 1.54) is 116 Å². The van der Waals surface area contributed by atoms with Crippen molar-refractivity contribution >= 4 is 17.5 Å². The Kier molecular flexibility index (Phi) is 28.5. The molecule has 10 rings (SSSR count). The van der Waals surface area contributed by atoms with Crippen molar-refractivity contribution in [3.05, 3.63) is 172 Å². The van der Waals surface area contributed by atoms with Crippen LogP contribution in [-0.4, -0.2) is 94.1 Å². The van der Waals surface area contributed by atoms with Crippen LogP contribution in [0, 0.1) is 0 Å². The number of carbonyl (C=O) groups is 2. The summed E-state index contributed by atoms with van der Waals surface area (Å²) in [7, 11) is 0. The number of nitrogens with one attached hydrogen (secondary N) is 1. The number of rotatable bonds is 6. The van der Waals surface area contributed by atoms with Gasteiger partial charge in [0.05, 0.1) is 0 Å². The molecule has 0 spiro atoms. The average molecular weight is 1200 g/mol. The summed E-state index contributed by atoms with van der Waals surface area (Å²) < 4.78 is 0. The highest BCUT2D eigenvalue weighted by molar-refractivity contribution is 5.94. The molecule has 1 aliphatic carbocycles. The Hall–Kier alpha value is -6.06. The number of aromatic amines is 1. The highest BCUT2D eigenvalue weighted by atomic mass is 16.2. The van der Waals surface area contributed by atoms with E-state index in [2.05, 4.69) is 245 Å². The van der Waals surface area contributed by atoms with Gasteiger partial charge < -0.3 is 14.7 Å². The Morgan fingerprint density at radius 3 is 1.25 bits per heavy atom. The monoisotopic (exact) mass is 1200 g/mol. The van der Waals surface area contributed by atoms with Gasteiger partial charge in [-0.05, 0) is 161 Å². The number of hydrogen-bond acceptors (Lipinski definition) is 6. The number of carbonyl (C=O) groups excluding carboxylic acids is 2. The predicted octanol–water partition coefficient (Wildman–Crippen LogP) is 19.9. The zero-order chi connectivity index (χ0) is 62.9. The molecule has 9 heteroatoms. The van der Waals surface area contributed by atoms with E-state index in [0.29, 0.717) is 6.04 Å². The molecule has 4 aliphatic rings. The van der Waals surface area contributed by atoms with Crippen molar-refractivity contribution < 1.29 is 9.59 Å². The second kappa shape index (κ2) is 33.7. The van der Waals surface area contributed by atoms with Crippen LogP contribution in [0.15, 0.2) is 128 Å². The quantitative estimate of drug-likeness (QED) is 0.179. The number of piperidine rings is 2. The second-order valence-corrected chi connectivity index (χ2v) is 30.0. The third-order valence-corrected chi connectivity index (χ3v) is 18.0. The highest BCUT2D eigenvalue weighted by Gasteiger charge is 2.24. The largest absolute Gasteiger partial charge is 0.368 e. The number of amides is 2. The van der Waals surface area contributed by atoms with Crippen LogP contribution in [0.3, 0.4) is 0 Å². The van der Waals surface area contributed by atoms with Crippen LogP contribution < -0.4 is 4.90 Å². The highest BCUT2D eigenvalue weighted by Crippen LogP contribution is 2.35. The lowest BCUT2D eigenvalue weighted by molar-refractivity contribution is -0.129. The van der Waals surface area contributed by atoms with E-state index in [4.69, 9.17) is 0 Å². The lowest BCUT2D eigenvalue weighted by Crippen LogP contribution is -2.48. The van der Waals surface area contributed by atoms with Crippen molar-refractivity contribution in [2.45, 2.75) is 242 Å². The van der Waals surface area contributed by atoms with Crippen LogP contribution in [0.4, 0.5) is 5.69 Å². The van der Waals surface area contributed by atoms with Gasteiger partial charge in [0.2, 0.25) is 5.91 Å². The lowest BCUT2D eigenvalue weighted by Gasteiger charge is -2.35. The van der Waals surface area contributed by atoms with Crippen molar-refractivity contribution in [3.8, 4) is 11.4 Å². The molecule has 3 aliphatic heterocycles. The molecule has 0 bridgehead atoms. The fraction of sp³-hybridized carbons (Fsp3) is 0.570. The van der Waals surface area contributed by atoms with Crippen LogP contribution in [0.5, 0.6) is 0 Å². The maximum Gasteiger partial charge on any atom is 0.253 e. The smallest absolute Gasteiger partial charge is 0.253 e. The fourth-order valence-corrected chi connectivity index (χ4v) is 11.8. The van der Waals surface area contributed by atoms with Gasteiger partial charge in [-0.3, -0.25) is 19.6 Å². The van der Waals surface area contributed by atoms with Gasteiger partial charge in [-0.2, -0.15) is 5.10 Å². The normalized spacial score (nSPS) is 16.4. The maximum absolute atomic E-state index is 12.3. The van der Waals surface area contributed by atoms with E-state index in [1.807, 2.05) is 21.9 Å². The zero-order valence-corrected chi connectivity index (χ0v) is 56.7. The number of piperazine rings is 1. The SMILES string of the molecule is C.C.CC(=O)N1CCN(c2ccc(C(C)(C)C)cc2)CC1.CC(C)(C)c1ccc(-c2ncn[nH]2)cc1.CC(C)(C)c1ccc(C(=O)N2CCCCC2)cc1.CC(C)(C)c1ccc(C2CCCCC2)cc1.CC(c1ccc(C(C)(C)C)cc1)N1CCCCC1. The van der Waals surface area contributed by atoms with Gasteiger partial charge in [-0.15, -0.1) is 0 Å². The summed E-state index contributed by atoms with van der Waals surface area (Å²) in [6.07, 6.45) is 16.3. The van der Waals surface area contributed by atoms with Gasteiger partial charge in [-0.25, -0.2) is 4.98 Å². The Bertz CT molecular complexity index is 2900. The number of likely N-dealkylation sites (tertiary alicyclic amines) is 2. The van der Waals surface area contributed by atoms with Gasteiger partial charge >= 0.3 is 0 Å². The van der Waals surface area contributed by atoms with Gasteiger partial charge in [0.25, 0.3) is 5.91 Å². The van der Waals surface area contributed by atoms with Crippen molar-refractivity contribution in [3.63, 3.8) is 0 Å². The molecule has 1 N–H and O–H groups in total. The Morgan fingerprint density at radius 2 is 0.841 bits per heavy atom. The summed E-state index contributed by atoms with van der Waals surface area (Å²) in [4.78, 5) is 36.6. The van der Waals surface area contributed by atoms with Crippen molar-refractivity contribution in [2.24, 2.45) is 0 Å². The molecule has 5 aromatic carbocycles. The summed E-state index contributed by atoms with van der Waals surface area (Å²) in [6.45, 7) is 45.4. The Morgan fingerprint density at radius 1 is 0.455 bits per heavy atom. The number of anilines is 1. The molecule has 4 heterocycles. The Labute approximate surface area is 537 Å². The van der Waals surface area contributed by atoms with Gasteiger partial charge in [0, 0.05) is 69.0 Å². The maximum atomic E-state index is 12.3. The van der Waals surface area contributed by atoms with E-state index in [1.54, 1.807) is 12.5 Å². The molecule has 6 aromatic rings. The summed E-state index contributed by atoms with van der Waals surface area (Å²) in [5, 5.41) is 6.68. The molecule has 1 saturated carbocycles. The summed E-state index contributed by atoms with van der Waals surface area (Å²) in [5.41, 5.74) is 14.1. The molecule has 1 aromatic heterocycles. The molecular weight excluding hydrogens is 1080 g/mol. The third-order valence-electron chi connectivity index (χ3n) is 18.0. The molecule has 88 heavy (non-hydrogen) atoms. The van der Waals surface area contributed by atoms with Crippen LogP contribution in [0.1, 0.15) is 264 Å². The molecule has 2 amide bonds. The van der Waals surface area contributed by atoms with E-state index in [-0.39, 0.29) is 53.7 Å². The summed E-state index contributed by atoms with van der Waals surface area (Å²) in [5.74, 6) is 2.02. The minimum absolute atomic E-state index is 0. The van der Waals surface area contributed by atoms with Gasteiger partial charge in [0.15, 0.2) is 5.82 Å². The minimum Gasteiger partial charge on any atom is -0.368 e. The summed E-state index contributed by atoms with van der Waals surface area (Å²) >= 11 is 0. The van der Waals surface area contributed by atoms with Gasteiger partial charge in [0.1, 0.15) is 6.33 Å². The fourth-order valence-electron chi connectivity index (χ4n) is 11.8. The van der Waals surface area contributed by atoms with E-state index < -0.39 is 0 Å². The number of benzene rings is 5. The molecule has 1 atom stereocenters. The third kappa shape index (κ3) is 23.1. The molecular formula is C79H121N7O2. The first-order chi connectivity index (χ1) is 40.5. The first-order valence-electron chi connectivity index (χ1n) is 32.9. The molecule has 484 valence electrons. The molecule has 1 unspecified atom stereocenters. The first kappa shape index (κ1) is 74.4. The van der Waals surface area contributed by atoms with E-state index in [9.17, 15) is 9.59 Å². The summed E-state index contributed by atoms with van der Waals surface area (Å²) in [6, 6.07) is 44.5. The molecule has 0 radical (unpaired) electrons. The Balaban J connectivity index is 0.000000234. The lowest BCUT2D eigenvalue weighted by atomic mass is 9.81. The zero-order valence-electron chi connectivity index (χ0n) is 56.7. The number of nitrogens with zero attached hydrogens (tertiary/aromatic N) is 6. The predicted molar refractivity (Wildman–Crippen MR) is 378 cm³/mol. The standard InChI is InChI=1S/C17H27N.C16H24N2O.C16H23NO.C16H24.C12H15N3.2CH4/c1-14(18-12-6-5-7-13-18)15-8-10-16(11-9-15)17(2,3)4;1-13(19)17-9-11-18(12-10-17)15-7-5-14(6-8-15)16(2,3)4;1-16(2,3)14-9-7-13(8-10-14)15(18)17-11-5-4-6-12-17;1-16(2,3)15-11-9-14(10-12-15)13-7-5-4-6-8-13;1-12(2,3)10-6-4-9(5-7-10)11-13-8-14-15-11;;/h8-11,14H,5-7,12-13H2,1-4H3;5-8H,9-12H2,1-4H3;7-10H,4-6,11-12H2,1-3H3;9-13H,4-8H2,1-3H3;4-8H,1-3H3,(H,13,14,15);2*1H4. The van der Waals surface area contributed by atoms with Crippen LogP contribution >= 0.6 is 0 Å². The van der Waals surface area contributed by atoms with Crippen LogP contribution in [-0.2, 0) is 31.9 Å². The van der Waals surface area contributed by atoms with Crippen molar-refractivity contribution in [1.82, 2.24) is 29.9 Å². The molecule has 3 saturated heterocycles. The molecule has 4 fully saturated rings. The van der Waals surface area contributed by atoms with E-state index >= 15 is 0 Å². The van der Waals surface area contributed by atoms with Gasteiger partial charge in [-0.1, -0.05) is 241 Å². The van der Waals surface area contributed by atoms with E-state index in [0.717, 1.165) is 75.0 Å². The number of aromatic nitrogens is 3. The molecule has 9 nitrogen and oxygen atoms in total. The number of H-pyrrole nitrogens is 1. The first-order valence-corrected chi connectivity index (χ1v) is 32.9. The average Bonchev–Trinajstić information content (AvgIpc) is 4.17. The topological polar surface area (TPSA) is 88.7 Å². The number of hydrogen-bond donors (Lipinski definition) is 1. The minimum atomic E-state index is 0. The van der Waals surface area contributed by atoms with Crippen LogP contribution in [0.2, 0.25) is 0 Å². The van der Waals surface area contributed by atoms with Crippen molar-refractivity contribution in [1.29, 1.82) is 0 Å². The van der Waals surface area contributed by atoms with Crippen molar-refractivity contribution in [2.75, 3.05) is 57.3 Å². The van der Waals surface area contributed by atoms with Crippen LogP contribution in [0.25, 0.3) is 11.4 Å². The second-order valence-electron chi connectivity index (χ2n) is 30.0.